The third-order valence-corrected chi connectivity index (χ3v) is 2.94. The van der Waals surface area contributed by atoms with Crippen molar-refractivity contribution in [2.24, 2.45) is 0 Å². The van der Waals surface area contributed by atoms with E-state index in [-0.39, 0.29) is 5.91 Å². The summed E-state index contributed by atoms with van der Waals surface area (Å²) in [6.45, 7) is 3.70. The molecule has 0 unspecified atom stereocenters. The fourth-order valence-electron chi connectivity index (χ4n) is 1.46. The van der Waals surface area contributed by atoms with Gasteiger partial charge in [0.15, 0.2) is 0 Å². The van der Waals surface area contributed by atoms with Gasteiger partial charge in [0, 0.05) is 24.5 Å². The van der Waals surface area contributed by atoms with Gasteiger partial charge >= 0.3 is 0 Å². The molecular formula is C13H20N2OS. The van der Waals surface area contributed by atoms with Crippen molar-refractivity contribution in [1.82, 2.24) is 5.32 Å². The maximum absolute atomic E-state index is 11.9. The quantitative estimate of drug-likeness (QED) is 0.733. The summed E-state index contributed by atoms with van der Waals surface area (Å²) >= 11 is 1.73. The smallest absolute Gasteiger partial charge is 0.253 e. The summed E-state index contributed by atoms with van der Waals surface area (Å²) in [5.41, 5.74) is 1.64. The number of carbonyl (C=O) groups excluding carboxylic acids is 1. The van der Waals surface area contributed by atoms with E-state index in [0.29, 0.717) is 6.54 Å². The van der Waals surface area contributed by atoms with Gasteiger partial charge in [0.25, 0.3) is 5.91 Å². The Morgan fingerprint density at radius 1 is 1.29 bits per heavy atom. The molecule has 0 atom stereocenters. The molecule has 94 valence electrons. The van der Waals surface area contributed by atoms with Crippen molar-refractivity contribution in [3.63, 3.8) is 0 Å². The first-order valence-electron chi connectivity index (χ1n) is 5.89. The van der Waals surface area contributed by atoms with Gasteiger partial charge in [0.05, 0.1) is 5.56 Å². The largest absolute Gasteiger partial charge is 0.384 e. The van der Waals surface area contributed by atoms with Crippen molar-refractivity contribution in [3.8, 4) is 0 Å². The Balaban J connectivity index is 2.64. The van der Waals surface area contributed by atoms with Crippen LogP contribution < -0.4 is 10.6 Å². The van der Waals surface area contributed by atoms with Crippen LogP contribution in [0.25, 0.3) is 0 Å². The van der Waals surface area contributed by atoms with E-state index in [9.17, 15) is 4.79 Å². The predicted molar refractivity (Wildman–Crippen MR) is 75.9 cm³/mol. The second-order valence-corrected chi connectivity index (χ2v) is 4.71. The number of hydrogen-bond acceptors (Lipinski definition) is 3. The molecule has 3 nitrogen and oxygen atoms in total. The number of anilines is 1. The molecule has 0 aliphatic heterocycles. The SMILES string of the molecule is CCCNc1ccccc1C(=O)NCCSC. The molecule has 0 bridgehead atoms. The lowest BCUT2D eigenvalue weighted by molar-refractivity contribution is 0.0957. The molecule has 0 fully saturated rings. The maximum atomic E-state index is 11.9. The Labute approximate surface area is 107 Å². The van der Waals surface area contributed by atoms with Gasteiger partial charge < -0.3 is 10.6 Å². The molecule has 0 aliphatic rings. The summed E-state index contributed by atoms with van der Waals surface area (Å²) in [5.74, 6) is 0.939. The molecule has 1 aromatic carbocycles. The zero-order valence-corrected chi connectivity index (χ0v) is 11.3. The number of amides is 1. The molecule has 0 spiro atoms. The summed E-state index contributed by atoms with van der Waals surface area (Å²) in [6.07, 6.45) is 3.07. The van der Waals surface area contributed by atoms with Crippen LogP contribution in [0.2, 0.25) is 0 Å². The van der Waals surface area contributed by atoms with Crippen molar-refractivity contribution < 1.29 is 4.79 Å². The van der Waals surface area contributed by atoms with E-state index in [2.05, 4.69) is 17.6 Å². The van der Waals surface area contributed by atoms with E-state index in [1.807, 2.05) is 30.5 Å². The lowest BCUT2D eigenvalue weighted by atomic mass is 10.1. The fourth-order valence-corrected chi connectivity index (χ4v) is 1.76. The van der Waals surface area contributed by atoms with Crippen LogP contribution in [0, 0.1) is 0 Å². The third kappa shape index (κ3) is 4.69. The minimum atomic E-state index is -0.00162. The van der Waals surface area contributed by atoms with E-state index < -0.39 is 0 Å². The summed E-state index contributed by atoms with van der Waals surface area (Å²) in [4.78, 5) is 11.9. The molecule has 17 heavy (non-hydrogen) atoms. The highest BCUT2D eigenvalue weighted by molar-refractivity contribution is 7.98. The van der Waals surface area contributed by atoms with Gasteiger partial charge in [0.1, 0.15) is 0 Å². The number of nitrogens with one attached hydrogen (secondary N) is 2. The highest BCUT2D eigenvalue weighted by Crippen LogP contribution is 2.14. The Bertz CT molecular complexity index is 355. The van der Waals surface area contributed by atoms with Crippen molar-refractivity contribution in [2.45, 2.75) is 13.3 Å². The Hall–Kier alpha value is -1.16. The highest BCUT2D eigenvalue weighted by Gasteiger charge is 2.09. The van der Waals surface area contributed by atoms with E-state index in [1.54, 1.807) is 11.8 Å². The monoisotopic (exact) mass is 252 g/mol. The van der Waals surface area contributed by atoms with Crippen LogP contribution in [-0.2, 0) is 0 Å². The Morgan fingerprint density at radius 2 is 2.06 bits per heavy atom. The number of carbonyl (C=O) groups is 1. The molecule has 0 aromatic heterocycles. The maximum Gasteiger partial charge on any atom is 0.253 e. The zero-order chi connectivity index (χ0) is 12.5. The van der Waals surface area contributed by atoms with Gasteiger partial charge in [-0.2, -0.15) is 11.8 Å². The van der Waals surface area contributed by atoms with Crippen LogP contribution in [0.15, 0.2) is 24.3 Å². The highest BCUT2D eigenvalue weighted by atomic mass is 32.2. The van der Waals surface area contributed by atoms with Gasteiger partial charge in [-0.1, -0.05) is 19.1 Å². The average Bonchev–Trinajstić information content (AvgIpc) is 2.37. The van der Waals surface area contributed by atoms with Crippen LogP contribution in [0.4, 0.5) is 5.69 Å². The van der Waals surface area contributed by atoms with E-state index in [4.69, 9.17) is 0 Å². The first kappa shape index (κ1) is 13.9. The van der Waals surface area contributed by atoms with Gasteiger partial charge in [-0.3, -0.25) is 4.79 Å². The van der Waals surface area contributed by atoms with E-state index in [0.717, 1.165) is 30.0 Å². The van der Waals surface area contributed by atoms with E-state index in [1.165, 1.54) is 0 Å². The van der Waals surface area contributed by atoms with Crippen molar-refractivity contribution in [2.75, 3.05) is 30.4 Å². The summed E-state index contributed by atoms with van der Waals surface area (Å²) in [5, 5.41) is 6.19. The van der Waals surface area contributed by atoms with Crippen LogP contribution in [0.3, 0.4) is 0 Å². The minimum Gasteiger partial charge on any atom is -0.384 e. The van der Waals surface area contributed by atoms with Crippen molar-refractivity contribution in [1.29, 1.82) is 0 Å². The van der Waals surface area contributed by atoms with Crippen LogP contribution in [0.1, 0.15) is 23.7 Å². The summed E-state index contributed by atoms with van der Waals surface area (Å²) in [6, 6.07) is 7.63. The van der Waals surface area contributed by atoms with Gasteiger partial charge in [0.2, 0.25) is 0 Å². The molecule has 2 N–H and O–H groups in total. The minimum absolute atomic E-state index is 0.00162. The normalized spacial score (nSPS) is 10.0. The number of hydrogen-bond donors (Lipinski definition) is 2. The summed E-state index contributed by atoms with van der Waals surface area (Å²) < 4.78 is 0. The molecule has 0 saturated carbocycles. The Kier molecular flexibility index (Phi) is 6.55. The molecular weight excluding hydrogens is 232 g/mol. The molecule has 0 radical (unpaired) electrons. The van der Waals surface area contributed by atoms with Gasteiger partial charge in [-0.15, -0.1) is 0 Å². The molecule has 0 aliphatic carbocycles. The van der Waals surface area contributed by atoms with Crippen molar-refractivity contribution in [3.05, 3.63) is 29.8 Å². The molecule has 1 aromatic rings. The average molecular weight is 252 g/mol. The fraction of sp³-hybridized carbons (Fsp3) is 0.462. The number of thioether (sulfide) groups is 1. The first-order valence-corrected chi connectivity index (χ1v) is 7.29. The third-order valence-electron chi connectivity index (χ3n) is 2.33. The topological polar surface area (TPSA) is 41.1 Å². The predicted octanol–water partition coefficient (Wildman–Crippen LogP) is 2.60. The van der Waals surface area contributed by atoms with Crippen LogP contribution in [0.5, 0.6) is 0 Å². The molecule has 0 saturated heterocycles. The Morgan fingerprint density at radius 3 is 2.76 bits per heavy atom. The standard InChI is InChI=1S/C13H20N2OS/c1-3-8-14-12-7-5-4-6-11(12)13(16)15-9-10-17-2/h4-7,14H,3,8-10H2,1-2H3,(H,15,16). The number of para-hydroxylation sites is 1. The second kappa shape index (κ2) is 8.01. The summed E-state index contributed by atoms with van der Waals surface area (Å²) in [7, 11) is 0. The lowest BCUT2D eigenvalue weighted by Gasteiger charge is -2.11. The van der Waals surface area contributed by atoms with Gasteiger partial charge in [-0.05, 0) is 24.8 Å². The lowest BCUT2D eigenvalue weighted by Crippen LogP contribution is -2.26. The van der Waals surface area contributed by atoms with E-state index >= 15 is 0 Å². The van der Waals surface area contributed by atoms with Gasteiger partial charge in [-0.25, -0.2) is 0 Å². The number of rotatable bonds is 7. The molecule has 1 amide bonds. The molecule has 0 heterocycles. The second-order valence-electron chi connectivity index (χ2n) is 3.72. The number of benzene rings is 1. The molecule has 4 heteroatoms. The zero-order valence-electron chi connectivity index (χ0n) is 10.5. The molecule has 1 rings (SSSR count). The first-order chi connectivity index (χ1) is 8.29. The van der Waals surface area contributed by atoms with Crippen LogP contribution in [-0.4, -0.2) is 31.0 Å². The van der Waals surface area contributed by atoms with Crippen molar-refractivity contribution >= 4 is 23.4 Å². The van der Waals surface area contributed by atoms with Crippen LogP contribution >= 0.6 is 11.8 Å².